The Balaban J connectivity index is 2.09. The van der Waals surface area contributed by atoms with Crippen LogP contribution in [0, 0.1) is 5.92 Å². The Morgan fingerprint density at radius 1 is 1.38 bits per heavy atom. The molecule has 0 bridgehead atoms. The number of carboxylic acid groups (broad SMARTS) is 1. The first kappa shape index (κ1) is 11.1. The van der Waals surface area contributed by atoms with E-state index < -0.39 is 5.97 Å². The molecule has 0 aromatic heterocycles. The van der Waals surface area contributed by atoms with Gasteiger partial charge < -0.3 is 10.4 Å². The van der Waals surface area contributed by atoms with Gasteiger partial charge in [0.05, 0.1) is 6.42 Å². The lowest BCUT2D eigenvalue weighted by atomic mass is 9.94. The van der Waals surface area contributed by atoms with Crippen molar-refractivity contribution in [2.24, 2.45) is 5.92 Å². The van der Waals surface area contributed by atoms with Gasteiger partial charge in [-0.1, -0.05) is 24.3 Å². The summed E-state index contributed by atoms with van der Waals surface area (Å²) < 4.78 is 0. The second-order valence-corrected chi connectivity index (χ2v) is 4.40. The van der Waals surface area contributed by atoms with Crippen LogP contribution in [0.4, 0.5) is 0 Å². The highest BCUT2D eigenvalue weighted by Crippen LogP contribution is 2.18. The number of aliphatic carboxylic acids is 1. The fourth-order valence-corrected chi connectivity index (χ4v) is 2.29. The molecule has 1 saturated heterocycles. The van der Waals surface area contributed by atoms with Gasteiger partial charge in [-0.15, -0.1) is 0 Å². The van der Waals surface area contributed by atoms with Crippen LogP contribution in [-0.2, 0) is 17.6 Å². The summed E-state index contributed by atoms with van der Waals surface area (Å²) in [7, 11) is 0. The molecule has 1 fully saturated rings. The lowest BCUT2D eigenvalue weighted by Crippen LogP contribution is -2.12. The highest BCUT2D eigenvalue weighted by molar-refractivity contribution is 5.70. The maximum absolute atomic E-state index is 10.7. The average Bonchev–Trinajstić information content (AvgIpc) is 2.73. The van der Waals surface area contributed by atoms with Gasteiger partial charge in [0, 0.05) is 0 Å². The Hall–Kier alpha value is -1.35. The molecule has 2 N–H and O–H groups in total. The number of rotatable bonds is 4. The molecule has 0 aliphatic carbocycles. The second-order valence-electron chi connectivity index (χ2n) is 4.40. The lowest BCUT2D eigenvalue weighted by Gasteiger charge is -2.11. The van der Waals surface area contributed by atoms with E-state index in [1.54, 1.807) is 0 Å². The van der Waals surface area contributed by atoms with Crippen LogP contribution in [0.15, 0.2) is 24.3 Å². The first-order chi connectivity index (χ1) is 7.75. The maximum atomic E-state index is 10.7. The zero-order valence-electron chi connectivity index (χ0n) is 9.28. The monoisotopic (exact) mass is 219 g/mol. The topological polar surface area (TPSA) is 49.3 Å². The van der Waals surface area contributed by atoms with Gasteiger partial charge in [-0.25, -0.2) is 0 Å². The molecular weight excluding hydrogens is 202 g/mol. The lowest BCUT2D eigenvalue weighted by molar-refractivity contribution is -0.136. The molecule has 0 radical (unpaired) electrons. The number of nitrogens with one attached hydrogen (secondary N) is 1. The molecule has 1 unspecified atom stereocenters. The predicted molar refractivity (Wildman–Crippen MR) is 62.5 cm³/mol. The molecule has 1 heterocycles. The Bertz CT molecular complexity index is 370. The number of hydrogen-bond acceptors (Lipinski definition) is 2. The Kier molecular flexibility index (Phi) is 3.57. The normalized spacial score (nSPS) is 19.9. The van der Waals surface area contributed by atoms with E-state index in [-0.39, 0.29) is 6.42 Å². The van der Waals surface area contributed by atoms with Crippen molar-refractivity contribution >= 4 is 5.97 Å². The molecule has 0 saturated carbocycles. The summed E-state index contributed by atoms with van der Waals surface area (Å²) in [6.45, 7) is 2.15. The van der Waals surface area contributed by atoms with Crippen molar-refractivity contribution in [1.82, 2.24) is 5.32 Å². The zero-order chi connectivity index (χ0) is 11.4. The van der Waals surface area contributed by atoms with Gasteiger partial charge in [-0.3, -0.25) is 4.79 Å². The Morgan fingerprint density at radius 2 is 2.12 bits per heavy atom. The zero-order valence-corrected chi connectivity index (χ0v) is 9.28. The molecule has 1 aromatic rings. The second kappa shape index (κ2) is 5.12. The predicted octanol–water partition coefficient (Wildman–Crippen LogP) is 1.47. The van der Waals surface area contributed by atoms with Gasteiger partial charge in [0.2, 0.25) is 0 Å². The molecule has 1 atom stereocenters. The maximum Gasteiger partial charge on any atom is 0.307 e. The number of carbonyl (C=O) groups is 1. The van der Waals surface area contributed by atoms with Gasteiger partial charge in [0.1, 0.15) is 0 Å². The van der Waals surface area contributed by atoms with Crippen LogP contribution >= 0.6 is 0 Å². The summed E-state index contributed by atoms with van der Waals surface area (Å²) in [6.07, 6.45) is 2.33. The molecule has 86 valence electrons. The van der Waals surface area contributed by atoms with Crippen molar-refractivity contribution in [2.45, 2.75) is 19.3 Å². The molecule has 3 heteroatoms. The van der Waals surface area contributed by atoms with Crippen molar-refractivity contribution in [2.75, 3.05) is 13.1 Å². The highest BCUT2D eigenvalue weighted by Gasteiger charge is 2.16. The smallest absolute Gasteiger partial charge is 0.307 e. The van der Waals surface area contributed by atoms with Gasteiger partial charge in [0.15, 0.2) is 0 Å². The molecule has 16 heavy (non-hydrogen) atoms. The number of carboxylic acids is 1. The van der Waals surface area contributed by atoms with E-state index >= 15 is 0 Å². The highest BCUT2D eigenvalue weighted by atomic mass is 16.4. The SMILES string of the molecule is O=C(O)Cc1ccccc1CC1CCNC1. The summed E-state index contributed by atoms with van der Waals surface area (Å²) in [6, 6.07) is 7.88. The molecule has 1 aliphatic heterocycles. The van der Waals surface area contributed by atoms with Gasteiger partial charge in [-0.2, -0.15) is 0 Å². The van der Waals surface area contributed by atoms with E-state index in [2.05, 4.69) is 11.4 Å². The van der Waals surface area contributed by atoms with E-state index in [0.717, 1.165) is 25.1 Å². The van der Waals surface area contributed by atoms with Gasteiger partial charge in [-0.05, 0) is 43.0 Å². The minimum atomic E-state index is -0.753. The van der Waals surface area contributed by atoms with E-state index in [4.69, 9.17) is 5.11 Å². The van der Waals surface area contributed by atoms with E-state index in [1.165, 1.54) is 12.0 Å². The van der Waals surface area contributed by atoms with Crippen LogP contribution in [0.1, 0.15) is 17.5 Å². The van der Waals surface area contributed by atoms with E-state index in [9.17, 15) is 4.79 Å². The molecule has 0 spiro atoms. The van der Waals surface area contributed by atoms with Crippen LogP contribution in [0.5, 0.6) is 0 Å². The molecule has 0 amide bonds. The minimum absolute atomic E-state index is 0.135. The molecule has 1 aromatic carbocycles. The summed E-state index contributed by atoms with van der Waals surface area (Å²) in [5, 5.41) is 12.2. The standard InChI is InChI=1S/C13H17NO2/c15-13(16)8-12-4-2-1-3-11(12)7-10-5-6-14-9-10/h1-4,10,14H,5-9H2,(H,15,16). The number of benzene rings is 1. The Morgan fingerprint density at radius 3 is 2.75 bits per heavy atom. The van der Waals surface area contributed by atoms with Crippen molar-refractivity contribution < 1.29 is 9.90 Å². The first-order valence-corrected chi connectivity index (χ1v) is 5.75. The third kappa shape index (κ3) is 2.83. The van der Waals surface area contributed by atoms with Crippen LogP contribution < -0.4 is 5.32 Å². The first-order valence-electron chi connectivity index (χ1n) is 5.75. The number of hydrogen-bond donors (Lipinski definition) is 2. The Labute approximate surface area is 95.5 Å². The van der Waals surface area contributed by atoms with Crippen LogP contribution in [0.3, 0.4) is 0 Å². The van der Waals surface area contributed by atoms with Crippen molar-refractivity contribution in [1.29, 1.82) is 0 Å². The van der Waals surface area contributed by atoms with Crippen molar-refractivity contribution in [3.8, 4) is 0 Å². The van der Waals surface area contributed by atoms with Gasteiger partial charge >= 0.3 is 5.97 Å². The molecule has 3 nitrogen and oxygen atoms in total. The quantitative estimate of drug-likeness (QED) is 0.806. The van der Waals surface area contributed by atoms with E-state index in [1.807, 2.05) is 18.2 Å². The third-order valence-corrected chi connectivity index (χ3v) is 3.13. The molecule has 2 rings (SSSR count). The van der Waals surface area contributed by atoms with Crippen LogP contribution in [0.2, 0.25) is 0 Å². The van der Waals surface area contributed by atoms with Crippen LogP contribution in [-0.4, -0.2) is 24.2 Å². The van der Waals surface area contributed by atoms with Crippen molar-refractivity contribution in [3.05, 3.63) is 35.4 Å². The third-order valence-electron chi connectivity index (χ3n) is 3.13. The molecular formula is C13H17NO2. The fourth-order valence-electron chi connectivity index (χ4n) is 2.29. The summed E-state index contributed by atoms with van der Waals surface area (Å²) >= 11 is 0. The average molecular weight is 219 g/mol. The fraction of sp³-hybridized carbons (Fsp3) is 0.462. The van der Waals surface area contributed by atoms with Crippen molar-refractivity contribution in [3.63, 3.8) is 0 Å². The molecule has 1 aliphatic rings. The van der Waals surface area contributed by atoms with E-state index in [0.29, 0.717) is 5.92 Å². The summed E-state index contributed by atoms with van der Waals surface area (Å²) in [4.78, 5) is 10.7. The van der Waals surface area contributed by atoms with Crippen LogP contribution in [0.25, 0.3) is 0 Å². The largest absolute Gasteiger partial charge is 0.481 e. The minimum Gasteiger partial charge on any atom is -0.481 e. The van der Waals surface area contributed by atoms with Gasteiger partial charge in [0.25, 0.3) is 0 Å². The summed E-state index contributed by atoms with van der Waals surface area (Å²) in [5.41, 5.74) is 2.15. The summed E-state index contributed by atoms with van der Waals surface area (Å²) in [5.74, 6) is -0.0908.